The Hall–Kier alpha value is -1.18. The van der Waals surface area contributed by atoms with Crippen LogP contribution in [0, 0.1) is 7.14 Å². The largest absolute Gasteiger partial charge is 0.495 e. The van der Waals surface area contributed by atoms with Gasteiger partial charge in [-0.3, -0.25) is 14.5 Å². The molecule has 2 heterocycles. The Kier molecular flexibility index (Phi) is 6.19. The maximum absolute atomic E-state index is 12.9. The maximum Gasteiger partial charge on any atom is 0.293 e. The van der Waals surface area contributed by atoms with Gasteiger partial charge in [-0.25, -0.2) is 0 Å². The van der Waals surface area contributed by atoms with Crippen LogP contribution in [0.25, 0.3) is 6.08 Å². The monoisotopic (exact) mass is 655 g/mol. The number of hydrogen-bond acceptors (Lipinski definition) is 6. The van der Waals surface area contributed by atoms with Crippen LogP contribution in [0.1, 0.15) is 11.1 Å². The zero-order valence-electron chi connectivity index (χ0n) is 14.8. The molecule has 2 amide bonds. The second kappa shape index (κ2) is 8.52. The molecule has 0 N–H and O–H groups in total. The number of imide groups is 1. The third-order valence-electron chi connectivity index (χ3n) is 4.27. The lowest BCUT2D eigenvalue weighted by atomic mass is 10.1. The van der Waals surface area contributed by atoms with E-state index in [-0.39, 0.29) is 24.5 Å². The van der Waals surface area contributed by atoms with Crippen molar-refractivity contribution in [3.63, 3.8) is 0 Å². The van der Waals surface area contributed by atoms with Gasteiger partial charge in [0.2, 0.25) is 6.79 Å². The van der Waals surface area contributed by atoms with Gasteiger partial charge in [0.15, 0.2) is 11.5 Å². The summed E-state index contributed by atoms with van der Waals surface area (Å²) in [5, 5.41) is 0.0559. The summed E-state index contributed by atoms with van der Waals surface area (Å²) in [5.41, 5.74) is 1.36. The summed E-state index contributed by atoms with van der Waals surface area (Å²) in [6, 6.07) is 7.21. The topological polar surface area (TPSA) is 65.1 Å². The lowest BCUT2D eigenvalue weighted by Gasteiger charge is -2.14. The highest BCUT2D eigenvalue weighted by Crippen LogP contribution is 2.40. The Balaban J connectivity index is 1.63. The molecule has 1 fully saturated rings. The molecule has 2 aromatic rings. The van der Waals surface area contributed by atoms with Gasteiger partial charge in [-0.15, -0.1) is 0 Å². The van der Waals surface area contributed by atoms with Crippen LogP contribution in [0.5, 0.6) is 17.2 Å². The van der Waals surface area contributed by atoms with Crippen molar-refractivity contribution in [1.29, 1.82) is 0 Å². The smallest absolute Gasteiger partial charge is 0.293 e. The van der Waals surface area contributed by atoms with E-state index < -0.39 is 0 Å². The standard InChI is InChI=1S/C19H12ClI2NO5S/c1-26-17-9(2-11(21)5-13(17)22)4-16-18(24)23(19(25)29-16)7-10-3-14-15(6-12(10)20)28-8-27-14/h2-6H,7-8H2,1H3/b16-4+. The molecule has 10 heteroatoms. The first-order chi connectivity index (χ1) is 13.9. The zero-order chi connectivity index (χ0) is 20.7. The molecule has 0 aromatic heterocycles. The van der Waals surface area contributed by atoms with E-state index in [1.807, 2.05) is 12.1 Å². The van der Waals surface area contributed by atoms with E-state index in [4.69, 9.17) is 25.8 Å². The van der Waals surface area contributed by atoms with Crippen LogP contribution < -0.4 is 14.2 Å². The summed E-state index contributed by atoms with van der Waals surface area (Å²) in [6.07, 6.45) is 1.69. The molecule has 29 heavy (non-hydrogen) atoms. The first kappa shape index (κ1) is 21.1. The average Bonchev–Trinajstić information content (AvgIpc) is 3.21. The van der Waals surface area contributed by atoms with Crippen molar-refractivity contribution >= 4 is 85.8 Å². The SMILES string of the molecule is COc1c(I)cc(I)cc1/C=C1/SC(=O)N(Cc2cc3c(cc2Cl)OCO3)C1=O. The third kappa shape index (κ3) is 4.19. The Morgan fingerprint density at radius 2 is 1.93 bits per heavy atom. The highest BCUT2D eigenvalue weighted by Gasteiger charge is 2.36. The first-order valence-corrected chi connectivity index (χ1v) is 11.6. The summed E-state index contributed by atoms with van der Waals surface area (Å²) in [5.74, 6) is 1.39. The Labute approximate surface area is 203 Å². The number of benzene rings is 2. The van der Waals surface area contributed by atoms with Gasteiger partial charge in [0.05, 0.1) is 22.1 Å². The van der Waals surface area contributed by atoms with Gasteiger partial charge in [0.25, 0.3) is 11.1 Å². The normalized spacial score (nSPS) is 16.8. The van der Waals surface area contributed by atoms with Crippen molar-refractivity contribution in [1.82, 2.24) is 4.90 Å². The summed E-state index contributed by atoms with van der Waals surface area (Å²) in [4.78, 5) is 26.9. The number of carbonyl (C=O) groups is 2. The van der Waals surface area contributed by atoms with Gasteiger partial charge < -0.3 is 14.2 Å². The van der Waals surface area contributed by atoms with E-state index in [2.05, 4.69) is 45.2 Å². The van der Waals surface area contributed by atoms with E-state index in [1.165, 1.54) is 4.90 Å². The minimum Gasteiger partial charge on any atom is -0.495 e. The first-order valence-electron chi connectivity index (χ1n) is 8.24. The molecule has 0 unspecified atom stereocenters. The number of fused-ring (bicyclic) bond motifs is 1. The van der Waals surface area contributed by atoms with Crippen LogP contribution in [-0.4, -0.2) is 29.9 Å². The molecular weight excluding hydrogens is 644 g/mol. The lowest BCUT2D eigenvalue weighted by molar-refractivity contribution is -0.123. The Morgan fingerprint density at radius 3 is 2.66 bits per heavy atom. The molecule has 0 saturated carbocycles. The molecule has 150 valence electrons. The number of nitrogens with zero attached hydrogens (tertiary/aromatic N) is 1. The molecule has 0 aliphatic carbocycles. The second-order valence-electron chi connectivity index (χ2n) is 6.07. The number of thioether (sulfide) groups is 1. The highest BCUT2D eigenvalue weighted by atomic mass is 127. The van der Waals surface area contributed by atoms with Crippen LogP contribution in [0.4, 0.5) is 4.79 Å². The van der Waals surface area contributed by atoms with Crippen molar-refractivity contribution in [2.45, 2.75) is 6.54 Å². The molecule has 0 atom stereocenters. The van der Waals surface area contributed by atoms with Crippen molar-refractivity contribution in [3.8, 4) is 17.2 Å². The Bertz CT molecular complexity index is 1080. The van der Waals surface area contributed by atoms with Crippen LogP contribution >= 0.6 is 68.5 Å². The van der Waals surface area contributed by atoms with Gasteiger partial charge in [-0.2, -0.15) is 0 Å². The molecule has 2 aromatic carbocycles. The van der Waals surface area contributed by atoms with E-state index in [0.717, 1.165) is 24.5 Å². The number of carbonyl (C=O) groups excluding carboxylic acids is 2. The van der Waals surface area contributed by atoms with Gasteiger partial charge in [0, 0.05) is 20.2 Å². The highest BCUT2D eigenvalue weighted by molar-refractivity contribution is 14.1. The predicted octanol–water partition coefficient (Wildman–Crippen LogP) is 5.52. The number of halogens is 3. The average molecular weight is 656 g/mol. The quantitative estimate of drug-likeness (QED) is 0.320. The summed E-state index contributed by atoms with van der Waals surface area (Å²) >= 11 is 11.6. The van der Waals surface area contributed by atoms with E-state index in [9.17, 15) is 9.59 Å². The summed E-state index contributed by atoms with van der Waals surface area (Å²) < 4.78 is 18.0. The molecule has 0 bridgehead atoms. The molecule has 6 nitrogen and oxygen atoms in total. The molecule has 2 aliphatic rings. The number of amides is 2. The molecule has 0 radical (unpaired) electrons. The van der Waals surface area contributed by atoms with Crippen molar-refractivity contribution in [2.75, 3.05) is 13.9 Å². The minimum absolute atomic E-state index is 0.0540. The fourth-order valence-corrected chi connectivity index (χ4v) is 6.08. The predicted molar refractivity (Wildman–Crippen MR) is 128 cm³/mol. The van der Waals surface area contributed by atoms with Gasteiger partial charge in [-0.05, 0) is 86.8 Å². The minimum atomic E-state index is -0.371. The number of ether oxygens (including phenoxy) is 3. The molecule has 2 aliphatic heterocycles. The van der Waals surface area contributed by atoms with E-state index in [1.54, 1.807) is 25.3 Å². The van der Waals surface area contributed by atoms with Crippen LogP contribution in [0.3, 0.4) is 0 Å². The fraction of sp³-hybridized carbons (Fsp3) is 0.158. The van der Waals surface area contributed by atoms with Gasteiger partial charge in [-0.1, -0.05) is 11.6 Å². The Morgan fingerprint density at radius 1 is 1.21 bits per heavy atom. The maximum atomic E-state index is 12.9. The summed E-state index contributed by atoms with van der Waals surface area (Å²) in [7, 11) is 1.58. The molecular formula is C19H12ClI2NO5S. The van der Waals surface area contributed by atoms with Crippen molar-refractivity contribution < 1.29 is 23.8 Å². The van der Waals surface area contributed by atoms with E-state index >= 15 is 0 Å². The summed E-state index contributed by atoms with van der Waals surface area (Å²) in [6.45, 7) is 0.175. The van der Waals surface area contributed by atoms with Crippen molar-refractivity contribution in [3.05, 3.63) is 52.5 Å². The zero-order valence-corrected chi connectivity index (χ0v) is 20.7. The number of rotatable bonds is 4. The molecule has 1 saturated heterocycles. The second-order valence-corrected chi connectivity index (χ2v) is 9.88. The van der Waals surface area contributed by atoms with Crippen LogP contribution in [-0.2, 0) is 11.3 Å². The molecule has 4 rings (SSSR count). The number of methoxy groups -OCH3 is 1. The number of hydrogen-bond donors (Lipinski definition) is 0. The van der Waals surface area contributed by atoms with Crippen molar-refractivity contribution in [2.24, 2.45) is 0 Å². The van der Waals surface area contributed by atoms with Crippen LogP contribution in [0.15, 0.2) is 29.2 Å². The fourth-order valence-electron chi connectivity index (χ4n) is 2.93. The van der Waals surface area contributed by atoms with Gasteiger partial charge >= 0.3 is 0 Å². The lowest BCUT2D eigenvalue weighted by Crippen LogP contribution is -2.27. The van der Waals surface area contributed by atoms with Crippen LogP contribution in [0.2, 0.25) is 5.02 Å². The third-order valence-corrected chi connectivity index (χ3v) is 6.95. The van der Waals surface area contributed by atoms with Gasteiger partial charge in [0.1, 0.15) is 5.75 Å². The molecule has 0 spiro atoms. The van der Waals surface area contributed by atoms with E-state index in [0.29, 0.717) is 32.7 Å².